The molecule has 2 unspecified atom stereocenters. The maximum Gasteiger partial charge on any atom is 0.0826 e. The molecule has 1 rings (SSSR count). The predicted octanol–water partition coefficient (Wildman–Crippen LogP) is 2.75. The van der Waals surface area contributed by atoms with Gasteiger partial charge in [-0.15, -0.1) is 0 Å². The minimum Gasteiger partial charge on any atom is -0.386 e. The lowest BCUT2D eigenvalue weighted by molar-refractivity contribution is 0.0520. The van der Waals surface area contributed by atoms with Gasteiger partial charge in [-0.1, -0.05) is 20.4 Å². The Labute approximate surface area is 75.5 Å². The fourth-order valence-electron chi connectivity index (χ4n) is 1.85. The quantitative estimate of drug-likeness (QED) is 0.597. The summed E-state index contributed by atoms with van der Waals surface area (Å²) in [6.07, 6.45) is 3.03. The Kier molecular flexibility index (Phi) is 2.62. The van der Waals surface area contributed by atoms with Crippen LogP contribution in [0.25, 0.3) is 0 Å². The van der Waals surface area contributed by atoms with Gasteiger partial charge in [0.1, 0.15) is 0 Å². The molecule has 70 valence electrons. The molecule has 1 N–H and O–H groups in total. The summed E-state index contributed by atoms with van der Waals surface area (Å²) in [4.78, 5) is 0. The highest BCUT2D eigenvalue weighted by Gasteiger charge is 2.32. The average Bonchev–Trinajstić information content (AvgIpc) is 1.94. The lowest BCUT2D eigenvalue weighted by atomic mass is 9.73. The van der Waals surface area contributed by atoms with Gasteiger partial charge in [0, 0.05) is 0 Å². The van der Waals surface area contributed by atoms with Crippen LogP contribution in [0.2, 0.25) is 0 Å². The Balaban J connectivity index is 2.58. The molecule has 1 aliphatic carbocycles. The van der Waals surface area contributed by atoms with Gasteiger partial charge < -0.3 is 5.11 Å². The Hall–Kier alpha value is -0.300. The summed E-state index contributed by atoms with van der Waals surface area (Å²) >= 11 is 0. The standard InChI is InChI=1S/C11H20O/c1-8(2)10-5-6-11(4,12)9(3)7-10/h8,10,12H,3,5-7H2,1-2,4H3. The molecule has 0 amide bonds. The van der Waals surface area contributed by atoms with E-state index in [9.17, 15) is 5.11 Å². The third kappa shape index (κ3) is 1.89. The zero-order chi connectivity index (χ0) is 9.35. The van der Waals surface area contributed by atoms with E-state index in [4.69, 9.17) is 0 Å². The molecule has 1 heteroatoms. The van der Waals surface area contributed by atoms with Crippen LogP contribution in [-0.4, -0.2) is 10.7 Å². The van der Waals surface area contributed by atoms with Crippen LogP contribution in [0.1, 0.15) is 40.0 Å². The molecule has 0 aromatic carbocycles. The highest BCUT2D eigenvalue weighted by molar-refractivity contribution is 5.14. The van der Waals surface area contributed by atoms with Gasteiger partial charge in [0.25, 0.3) is 0 Å². The molecule has 1 fully saturated rings. The molecule has 0 heterocycles. The minimum atomic E-state index is -0.592. The van der Waals surface area contributed by atoms with Crippen molar-refractivity contribution in [2.75, 3.05) is 0 Å². The van der Waals surface area contributed by atoms with Gasteiger partial charge in [-0.05, 0) is 43.6 Å². The van der Waals surface area contributed by atoms with Crippen molar-refractivity contribution in [1.29, 1.82) is 0 Å². The lowest BCUT2D eigenvalue weighted by Crippen LogP contribution is -2.34. The smallest absolute Gasteiger partial charge is 0.0826 e. The van der Waals surface area contributed by atoms with Crippen LogP contribution >= 0.6 is 0 Å². The maximum absolute atomic E-state index is 9.84. The van der Waals surface area contributed by atoms with E-state index in [1.54, 1.807) is 0 Å². The van der Waals surface area contributed by atoms with Crippen molar-refractivity contribution >= 4 is 0 Å². The Morgan fingerprint density at radius 3 is 2.58 bits per heavy atom. The summed E-state index contributed by atoms with van der Waals surface area (Å²) < 4.78 is 0. The summed E-state index contributed by atoms with van der Waals surface area (Å²) in [7, 11) is 0. The van der Waals surface area contributed by atoms with E-state index >= 15 is 0 Å². The molecular formula is C11H20O. The second kappa shape index (κ2) is 3.21. The zero-order valence-corrected chi connectivity index (χ0v) is 8.43. The van der Waals surface area contributed by atoms with Crippen molar-refractivity contribution < 1.29 is 5.11 Å². The molecule has 0 spiro atoms. The maximum atomic E-state index is 9.84. The van der Waals surface area contributed by atoms with Crippen LogP contribution in [0.4, 0.5) is 0 Å². The van der Waals surface area contributed by atoms with Gasteiger partial charge >= 0.3 is 0 Å². The average molecular weight is 168 g/mol. The van der Waals surface area contributed by atoms with Gasteiger partial charge in [-0.2, -0.15) is 0 Å². The topological polar surface area (TPSA) is 20.2 Å². The van der Waals surface area contributed by atoms with Gasteiger partial charge in [0.15, 0.2) is 0 Å². The highest BCUT2D eigenvalue weighted by Crippen LogP contribution is 2.38. The molecule has 0 bridgehead atoms. The molecule has 1 saturated carbocycles. The Bertz CT molecular complexity index is 179. The van der Waals surface area contributed by atoms with E-state index in [0.717, 1.165) is 36.7 Å². The molecule has 1 aliphatic rings. The highest BCUT2D eigenvalue weighted by atomic mass is 16.3. The van der Waals surface area contributed by atoms with Crippen LogP contribution in [0.3, 0.4) is 0 Å². The van der Waals surface area contributed by atoms with Crippen molar-refractivity contribution in [3.05, 3.63) is 12.2 Å². The number of rotatable bonds is 1. The predicted molar refractivity (Wildman–Crippen MR) is 51.9 cm³/mol. The Morgan fingerprint density at radius 1 is 1.58 bits per heavy atom. The van der Waals surface area contributed by atoms with Crippen LogP contribution < -0.4 is 0 Å². The molecular weight excluding hydrogens is 148 g/mol. The monoisotopic (exact) mass is 168 g/mol. The van der Waals surface area contributed by atoms with E-state index in [0.29, 0.717) is 0 Å². The van der Waals surface area contributed by atoms with Crippen LogP contribution in [0, 0.1) is 11.8 Å². The second-order valence-corrected chi connectivity index (χ2v) is 4.62. The van der Waals surface area contributed by atoms with E-state index in [-0.39, 0.29) is 0 Å². The van der Waals surface area contributed by atoms with E-state index < -0.39 is 5.60 Å². The molecule has 0 radical (unpaired) electrons. The summed E-state index contributed by atoms with van der Waals surface area (Å²) in [6.45, 7) is 10.3. The van der Waals surface area contributed by atoms with Gasteiger partial charge in [0.2, 0.25) is 0 Å². The molecule has 0 aromatic heterocycles. The number of hydrogen-bond donors (Lipinski definition) is 1. The van der Waals surface area contributed by atoms with Crippen LogP contribution in [0.5, 0.6) is 0 Å². The van der Waals surface area contributed by atoms with E-state index in [2.05, 4.69) is 20.4 Å². The molecule has 2 atom stereocenters. The zero-order valence-electron chi connectivity index (χ0n) is 8.43. The first-order chi connectivity index (χ1) is 5.43. The van der Waals surface area contributed by atoms with Crippen molar-refractivity contribution in [2.24, 2.45) is 11.8 Å². The van der Waals surface area contributed by atoms with Gasteiger partial charge in [-0.3, -0.25) is 0 Å². The molecule has 0 aliphatic heterocycles. The third-order valence-electron chi connectivity index (χ3n) is 3.21. The normalized spacial score (nSPS) is 37.4. The second-order valence-electron chi connectivity index (χ2n) is 4.62. The minimum absolute atomic E-state index is 0.592. The lowest BCUT2D eigenvalue weighted by Gasteiger charge is -2.37. The van der Waals surface area contributed by atoms with E-state index in [1.807, 2.05) is 6.92 Å². The summed E-state index contributed by atoms with van der Waals surface area (Å²) in [5, 5.41) is 9.84. The summed E-state index contributed by atoms with van der Waals surface area (Å²) in [5.74, 6) is 1.45. The molecule has 0 aromatic rings. The van der Waals surface area contributed by atoms with Crippen molar-refractivity contribution in [2.45, 2.75) is 45.6 Å². The largest absolute Gasteiger partial charge is 0.386 e. The van der Waals surface area contributed by atoms with Crippen molar-refractivity contribution in [3.63, 3.8) is 0 Å². The van der Waals surface area contributed by atoms with Crippen molar-refractivity contribution in [3.8, 4) is 0 Å². The number of aliphatic hydroxyl groups is 1. The fraction of sp³-hybridized carbons (Fsp3) is 0.818. The Morgan fingerprint density at radius 2 is 2.17 bits per heavy atom. The molecule has 12 heavy (non-hydrogen) atoms. The van der Waals surface area contributed by atoms with E-state index in [1.165, 1.54) is 0 Å². The van der Waals surface area contributed by atoms with Crippen LogP contribution in [0.15, 0.2) is 12.2 Å². The summed E-state index contributed by atoms with van der Waals surface area (Å²) in [6, 6.07) is 0. The number of hydrogen-bond acceptors (Lipinski definition) is 1. The third-order valence-corrected chi connectivity index (χ3v) is 3.21. The first-order valence-electron chi connectivity index (χ1n) is 4.84. The molecule has 1 nitrogen and oxygen atoms in total. The first kappa shape index (κ1) is 9.79. The fourth-order valence-corrected chi connectivity index (χ4v) is 1.85. The van der Waals surface area contributed by atoms with Gasteiger partial charge in [0.05, 0.1) is 5.60 Å². The first-order valence-corrected chi connectivity index (χ1v) is 4.84. The summed E-state index contributed by atoms with van der Waals surface area (Å²) in [5.41, 5.74) is 0.429. The molecule has 0 saturated heterocycles. The van der Waals surface area contributed by atoms with Crippen LogP contribution in [-0.2, 0) is 0 Å². The SMILES string of the molecule is C=C1CC(C(C)C)CCC1(C)O. The van der Waals surface area contributed by atoms with Crippen molar-refractivity contribution in [1.82, 2.24) is 0 Å². The van der Waals surface area contributed by atoms with Gasteiger partial charge in [-0.25, -0.2) is 0 Å².